The summed E-state index contributed by atoms with van der Waals surface area (Å²) in [4.78, 5) is 11.9. The second-order valence-corrected chi connectivity index (χ2v) is 9.45. The summed E-state index contributed by atoms with van der Waals surface area (Å²) in [7, 11) is 0. The van der Waals surface area contributed by atoms with Crippen LogP contribution in [0.15, 0.2) is 11.6 Å². The molecule has 1 unspecified atom stereocenters. The molecule has 0 heterocycles. The van der Waals surface area contributed by atoms with E-state index in [0.29, 0.717) is 11.2 Å². The van der Waals surface area contributed by atoms with Gasteiger partial charge in [0.25, 0.3) is 0 Å². The molecule has 0 radical (unpaired) electrons. The van der Waals surface area contributed by atoms with Crippen molar-refractivity contribution in [1.82, 2.24) is 0 Å². The molecule has 5 aliphatic carbocycles. The van der Waals surface area contributed by atoms with E-state index in [9.17, 15) is 9.90 Å². The molecule has 0 aromatic rings. The average Bonchev–Trinajstić information content (AvgIpc) is 3.13. The minimum absolute atomic E-state index is 0.0649. The third-order valence-corrected chi connectivity index (χ3v) is 9.08. The van der Waals surface area contributed by atoms with Gasteiger partial charge in [-0.15, -0.1) is 0 Å². The van der Waals surface area contributed by atoms with Crippen LogP contribution in [-0.2, 0) is 4.79 Å². The SMILES string of the molecule is C[C@]12CCC(=O)C=C1CC[C@@H]1[C@@H]2CC[C@]2(C)C(O)C[C@@H]3C[C@]312. The van der Waals surface area contributed by atoms with Crippen LogP contribution in [0.3, 0.4) is 0 Å². The van der Waals surface area contributed by atoms with Gasteiger partial charge in [0.2, 0.25) is 0 Å². The number of hydrogen-bond acceptors (Lipinski definition) is 2. The Kier molecular flexibility index (Phi) is 2.43. The van der Waals surface area contributed by atoms with Gasteiger partial charge in [-0.25, -0.2) is 0 Å². The van der Waals surface area contributed by atoms with Crippen LogP contribution < -0.4 is 0 Å². The number of hydrogen-bond donors (Lipinski definition) is 1. The van der Waals surface area contributed by atoms with E-state index >= 15 is 0 Å². The lowest BCUT2D eigenvalue weighted by Gasteiger charge is -2.59. The fourth-order valence-corrected chi connectivity index (χ4v) is 7.76. The maximum absolute atomic E-state index is 11.9. The molecule has 0 amide bonds. The molecule has 2 nitrogen and oxygen atoms in total. The summed E-state index contributed by atoms with van der Waals surface area (Å²) in [6.45, 7) is 4.84. The monoisotopic (exact) mass is 300 g/mol. The second-order valence-electron chi connectivity index (χ2n) is 9.45. The normalized spacial score (nSPS) is 59.0. The highest BCUT2D eigenvalue weighted by atomic mass is 16.3. The summed E-state index contributed by atoms with van der Waals surface area (Å²) in [5.41, 5.74) is 2.36. The Hall–Kier alpha value is -0.630. The van der Waals surface area contributed by atoms with Crippen LogP contribution in [0.2, 0.25) is 0 Å². The van der Waals surface area contributed by atoms with Gasteiger partial charge in [-0.05, 0) is 85.0 Å². The van der Waals surface area contributed by atoms with E-state index in [1.807, 2.05) is 6.08 Å². The molecule has 2 heteroatoms. The van der Waals surface area contributed by atoms with Crippen molar-refractivity contribution in [3.8, 4) is 0 Å². The maximum atomic E-state index is 11.9. The van der Waals surface area contributed by atoms with Gasteiger partial charge < -0.3 is 5.11 Å². The molecular formula is C20H28O2. The lowest BCUT2D eigenvalue weighted by atomic mass is 9.45. The quantitative estimate of drug-likeness (QED) is 0.737. The maximum Gasteiger partial charge on any atom is 0.155 e. The van der Waals surface area contributed by atoms with E-state index in [2.05, 4.69) is 13.8 Å². The Bertz CT molecular complexity index is 593. The van der Waals surface area contributed by atoms with Gasteiger partial charge in [0.15, 0.2) is 5.78 Å². The molecule has 0 bridgehead atoms. The van der Waals surface area contributed by atoms with E-state index in [1.165, 1.54) is 31.3 Å². The minimum atomic E-state index is -0.0649. The summed E-state index contributed by atoms with van der Waals surface area (Å²) < 4.78 is 0. The summed E-state index contributed by atoms with van der Waals surface area (Å²) in [5, 5.41) is 10.6. The van der Waals surface area contributed by atoms with E-state index < -0.39 is 0 Å². The Morgan fingerprint density at radius 1 is 1.14 bits per heavy atom. The molecule has 4 saturated carbocycles. The summed E-state index contributed by atoms with van der Waals surface area (Å²) in [6, 6.07) is 0. The molecule has 0 saturated heterocycles. The number of rotatable bonds is 0. The van der Waals surface area contributed by atoms with Crippen molar-refractivity contribution in [2.24, 2.45) is 34.0 Å². The van der Waals surface area contributed by atoms with Gasteiger partial charge in [0.1, 0.15) is 0 Å². The molecule has 0 aromatic heterocycles. The number of aliphatic hydroxyl groups excluding tert-OH is 1. The molecule has 22 heavy (non-hydrogen) atoms. The molecule has 7 atom stereocenters. The van der Waals surface area contributed by atoms with Crippen LogP contribution in [0, 0.1) is 34.0 Å². The zero-order valence-corrected chi connectivity index (χ0v) is 13.9. The fraction of sp³-hybridized carbons (Fsp3) is 0.850. The van der Waals surface area contributed by atoms with Gasteiger partial charge >= 0.3 is 0 Å². The van der Waals surface area contributed by atoms with Crippen LogP contribution in [0.25, 0.3) is 0 Å². The minimum Gasteiger partial charge on any atom is -0.393 e. The number of allylic oxidation sites excluding steroid dienone is 1. The molecule has 1 spiro atoms. The first kappa shape index (κ1) is 13.8. The first-order chi connectivity index (χ1) is 10.4. The van der Waals surface area contributed by atoms with Crippen LogP contribution in [0.1, 0.15) is 65.2 Å². The van der Waals surface area contributed by atoms with Gasteiger partial charge in [-0.1, -0.05) is 19.4 Å². The highest BCUT2D eigenvalue weighted by Gasteiger charge is 2.77. The first-order valence-electron chi connectivity index (χ1n) is 9.34. The summed E-state index contributed by atoms with van der Waals surface area (Å²) >= 11 is 0. The van der Waals surface area contributed by atoms with E-state index in [4.69, 9.17) is 0 Å². The number of carbonyl (C=O) groups is 1. The average molecular weight is 300 g/mol. The van der Waals surface area contributed by atoms with Crippen LogP contribution in [0.4, 0.5) is 0 Å². The Labute approximate surface area is 133 Å². The Morgan fingerprint density at radius 2 is 1.95 bits per heavy atom. The number of ketones is 1. The van der Waals surface area contributed by atoms with Crippen molar-refractivity contribution in [2.75, 3.05) is 0 Å². The zero-order valence-electron chi connectivity index (χ0n) is 13.9. The molecule has 1 N–H and O–H groups in total. The van der Waals surface area contributed by atoms with Crippen LogP contribution in [-0.4, -0.2) is 17.0 Å². The van der Waals surface area contributed by atoms with Crippen molar-refractivity contribution < 1.29 is 9.90 Å². The van der Waals surface area contributed by atoms with Gasteiger partial charge in [0, 0.05) is 6.42 Å². The van der Waals surface area contributed by atoms with Gasteiger partial charge in [-0.3, -0.25) is 4.79 Å². The molecule has 120 valence electrons. The highest BCUT2D eigenvalue weighted by Crippen LogP contribution is 2.82. The third kappa shape index (κ3) is 1.32. The molecule has 5 aliphatic rings. The van der Waals surface area contributed by atoms with Crippen molar-refractivity contribution >= 4 is 5.78 Å². The van der Waals surface area contributed by atoms with E-state index in [1.54, 1.807) is 0 Å². The summed E-state index contributed by atoms with van der Waals surface area (Å²) in [5.74, 6) is 2.69. The highest BCUT2D eigenvalue weighted by molar-refractivity contribution is 5.91. The molecule has 5 rings (SSSR count). The second kappa shape index (κ2) is 3.88. The Morgan fingerprint density at radius 3 is 2.77 bits per heavy atom. The molecule has 0 aliphatic heterocycles. The van der Waals surface area contributed by atoms with Gasteiger partial charge in [-0.2, -0.15) is 0 Å². The lowest BCUT2D eigenvalue weighted by molar-refractivity contribution is -0.120. The van der Waals surface area contributed by atoms with E-state index in [-0.39, 0.29) is 16.9 Å². The standard InChI is InChI=1S/C20H28O2/c1-18-7-5-14(21)9-12(18)3-4-16-15(18)6-8-19(2)17(22)10-13-11-20(13,16)19/h9,13,15-17,22H,3-8,10-11H2,1-2H3/t13-,15+,16-,17?,18+,19-,20+/m1/s1. The summed E-state index contributed by atoms with van der Waals surface area (Å²) in [6.07, 6.45) is 11.0. The Balaban J connectivity index is 1.57. The van der Waals surface area contributed by atoms with Crippen molar-refractivity contribution in [3.05, 3.63) is 11.6 Å². The zero-order chi connectivity index (χ0) is 15.3. The number of carbonyl (C=O) groups excluding carboxylic acids is 1. The van der Waals surface area contributed by atoms with Crippen LogP contribution >= 0.6 is 0 Å². The largest absolute Gasteiger partial charge is 0.393 e. The predicted molar refractivity (Wildman–Crippen MR) is 85.1 cm³/mol. The van der Waals surface area contributed by atoms with Gasteiger partial charge in [0.05, 0.1) is 6.10 Å². The van der Waals surface area contributed by atoms with Crippen molar-refractivity contribution in [3.63, 3.8) is 0 Å². The number of fused-ring (bicyclic) bond motifs is 3. The van der Waals surface area contributed by atoms with Crippen molar-refractivity contribution in [2.45, 2.75) is 71.3 Å². The molecule has 0 aromatic carbocycles. The lowest BCUT2D eigenvalue weighted by Crippen LogP contribution is -2.53. The van der Waals surface area contributed by atoms with E-state index in [0.717, 1.165) is 43.4 Å². The molecule has 4 fully saturated rings. The number of aliphatic hydroxyl groups is 1. The van der Waals surface area contributed by atoms with Crippen LogP contribution in [0.5, 0.6) is 0 Å². The molecular weight excluding hydrogens is 272 g/mol. The smallest absolute Gasteiger partial charge is 0.155 e. The fourth-order valence-electron chi connectivity index (χ4n) is 7.76. The van der Waals surface area contributed by atoms with Crippen molar-refractivity contribution in [1.29, 1.82) is 0 Å². The first-order valence-corrected chi connectivity index (χ1v) is 9.34. The predicted octanol–water partition coefficient (Wildman–Crippen LogP) is 3.88. The third-order valence-electron chi connectivity index (χ3n) is 9.08. The topological polar surface area (TPSA) is 37.3 Å².